The van der Waals surface area contributed by atoms with Gasteiger partial charge >= 0.3 is 0 Å². The van der Waals surface area contributed by atoms with Crippen molar-refractivity contribution in [3.05, 3.63) is 48.0 Å². The molecule has 4 rings (SSSR count). The molecule has 6 heteroatoms. The summed E-state index contributed by atoms with van der Waals surface area (Å²) in [7, 11) is 0. The van der Waals surface area contributed by atoms with Crippen molar-refractivity contribution in [3.8, 4) is 0 Å². The van der Waals surface area contributed by atoms with E-state index in [1.54, 1.807) is 0 Å². The number of carbonyl (C=O) groups excluding carboxylic acids is 3. The fraction of sp³-hybridized carbons (Fsp3) is 0.312. The molecule has 0 unspecified atom stereocenters. The zero-order chi connectivity index (χ0) is 15.3. The fourth-order valence-electron chi connectivity index (χ4n) is 3.36. The van der Waals surface area contributed by atoms with Crippen molar-refractivity contribution in [2.24, 2.45) is 11.8 Å². The normalized spacial score (nSPS) is 31.7. The van der Waals surface area contributed by atoms with Gasteiger partial charge in [-0.05, 0) is 5.56 Å². The number of carbonyl (C=O) groups is 3. The van der Waals surface area contributed by atoms with Crippen LogP contribution in [0.15, 0.2) is 42.5 Å². The van der Waals surface area contributed by atoms with Crippen LogP contribution in [0.4, 0.5) is 0 Å². The topological polar surface area (TPSA) is 75.7 Å². The van der Waals surface area contributed by atoms with Crippen LogP contribution >= 0.6 is 0 Å². The lowest BCUT2D eigenvalue weighted by molar-refractivity contribution is -0.151. The molecule has 112 valence electrons. The highest BCUT2D eigenvalue weighted by atomic mass is 16.5. The zero-order valence-electron chi connectivity index (χ0n) is 11.6. The zero-order valence-corrected chi connectivity index (χ0v) is 11.6. The van der Waals surface area contributed by atoms with Crippen LogP contribution in [-0.2, 0) is 25.5 Å². The summed E-state index contributed by atoms with van der Waals surface area (Å²) in [6.07, 6.45) is 3.05. The lowest BCUT2D eigenvalue weighted by atomic mass is 9.85. The highest BCUT2D eigenvalue weighted by molar-refractivity contribution is 6.07. The number of rotatable bonds is 3. The molecule has 0 aromatic heterocycles. The Morgan fingerprint density at radius 2 is 1.64 bits per heavy atom. The summed E-state index contributed by atoms with van der Waals surface area (Å²) < 4.78 is 5.54. The van der Waals surface area contributed by atoms with Crippen LogP contribution in [0.3, 0.4) is 0 Å². The Morgan fingerprint density at radius 3 is 2.23 bits per heavy atom. The Bertz CT molecular complexity index is 655. The van der Waals surface area contributed by atoms with Crippen LogP contribution in [0.1, 0.15) is 5.56 Å². The van der Waals surface area contributed by atoms with Crippen molar-refractivity contribution in [1.29, 1.82) is 0 Å². The fourth-order valence-corrected chi connectivity index (χ4v) is 3.36. The van der Waals surface area contributed by atoms with E-state index < -0.39 is 11.8 Å². The van der Waals surface area contributed by atoms with Crippen molar-refractivity contribution < 1.29 is 19.1 Å². The van der Waals surface area contributed by atoms with Crippen LogP contribution < -0.4 is 5.43 Å². The van der Waals surface area contributed by atoms with Crippen molar-refractivity contribution in [2.45, 2.75) is 18.6 Å². The van der Waals surface area contributed by atoms with E-state index >= 15 is 0 Å². The predicted molar refractivity (Wildman–Crippen MR) is 74.9 cm³/mol. The summed E-state index contributed by atoms with van der Waals surface area (Å²) in [6.45, 7) is 0. The first kappa shape index (κ1) is 13.2. The van der Waals surface area contributed by atoms with Gasteiger partial charge in [-0.3, -0.25) is 19.8 Å². The monoisotopic (exact) mass is 298 g/mol. The van der Waals surface area contributed by atoms with E-state index in [-0.39, 0.29) is 36.4 Å². The largest absolute Gasteiger partial charge is 0.365 e. The van der Waals surface area contributed by atoms with Gasteiger partial charge in [0.1, 0.15) is 0 Å². The van der Waals surface area contributed by atoms with Gasteiger partial charge in [0.2, 0.25) is 5.91 Å². The molecule has 2 bridgehead atoms. The van der Waals surface area contributed by atoms with Crippen molar-refractivity contribution in [2.75, 3.05) is 0 Å². The highest BCUT2D eigenvalue weighted by Crippen LogP contribution is 2.44. The van der Waals surface area contributed by atoms with Gasteiger partial charge in [-0.15, -0.1) is 0 Å². The molecule has 0 radical (unpaired) electrons. The number of hydrogen-bond acceptors (Lipinski definition) is 4. The van der Waals surface area contributed by atoms with E-state index in [9.17, 15) is 14.4 Å². The Kier molecular flexibility index (Phi) is 2.87. The summed E-state index contributed by atoms with van der Waals surface area (Å²) in [5.74, 6) is -2.14. The standard InChI is InChI=1S/C16H14N2O4/c19-12(8-9-4-2-1-3-5-9)17-18-15(20)13-10-6-7-11(22-10)14(13)16(18)21/h1-7,10-11,13-14H,8H2,(H,17,19)/t10-,11-,13+,14+/m1/s1. The molecule has 0 saturated carbocycles. The van der Waals surface area contributed by atoms with Gasteiger partial charge < -0.3 is 4.74 Å². The number of ether oxygens (including phenoxy) is 1. The average Bonchev–Trinajstić information content (AvgIpc) is 3.18. The molecule has 3 aliphatic rings. The molecule has 6 nitrogen and oxygen atoms in total. The molecule has 2 fully saturated rings. The number of nitrogens with one attached hydrogen (secondary N) is 1. The SMILES string of the molecule is O=C(Cc1ccccc1)NN1C(=O)[C@@H]2[C@@H](C1=O)[C@H]1C=C[C@H]2O1. The van der Waals surface area contributed by atoms with Crippen molar-refractivity contribution >= 4 is 17.7 Å². The van der Waals surface area contributed by atoms with Gasteiger partial charge in [-0.25, -0.2) is 0 Å². The molecule has 2 saturated heterocycles. The lowest BCUT2D eigenvalue weighted by Gasteiger charge is -2.18. The smallest absolute Gasteiger partial charge is 0.255 e. The second-order valence-corrected chi connectivity index (χ2v) is 5.71. The van der Waals surface area contributed by atoms with E-state index in [2.05, 4.69) is 5.43 Å². The summed E-state index contributed by atoms with van der Waals surface area (Å²) in [5.41, 5.74) is 3.26. The highest BCUT2D eigenvalue weighted by Gasteiger charge is 2.61. The van der Waals surface area contributed by atoms with Crippen molar-refractivity contribution in [1.82, 2.24) is 10.4 Å². The number of hydrogen-bond donors (Lipinski definition) is 1. The van der Waals surface area contributed by atoms with Crippen LogP contribution in [-0.4, -0.2) is 34.9 Å². The van der Waals surface area contributed by atoms with E-state index in [0.29, 0.717) is 0 Å². The molecular formula is C16H14N2O4. The summed E-state index contributed by atoms with van der Waals surface area (Å²) in [4.78, 5) is 36.8. The third-order valence-electron chi connectivity index (χ3n) is 4.35. The number of nitrogens with zero attached hydrogens (tertiary/aromatic N) is 1. The number of amides is 3. The maximum atomic E-state index is 12.4. The molecular weight excluding hydrogens is 284 g/mol. The summed E-state index contributed by atoms with van der Waals surface area (Å²) in [6, 6.07) is 9.17. The Morgan fingerprint density at radius 1 is 1.05 bits per heavy atom. The Labute approximate surface area is 126 Å². The summed E-state index contributed by atoms with van der Waals surface area (Å²) >= 11 is 0. The Balaban J connectivity index is 1.47. The Hall–Kier alpha value is -2.47. The van der Waals surface area contributed by atoms with Gasteiger partial charge in [0.25, 0.3) is 11.8 Å². The lowest BCUT2D eigenvalue weighted by Crippen LogP contribution is -2.48. The molecule has 3 heterocycles. The molecule has 1 N–H and O–H groups in total. The maximum Gasteiger partial charge on any atom is 0.255 e. The first-order valence-electron chi connectivity index (χ1n) is 7.20. The third kappa shape index (κ3) is 1.88. The minimum Gasteiger partial charge on any atom is -0.365 e. The molecule has 4 atom stereocenters. The van der Waals surface area contributed by atoms with Gasteiger partial charge in [-0.1, -0.05) is 42.5 Å². The molecule has 0 spiro atoms. The van der Waals surface area contributed by atoms with E-state index in [0.717, 1.165) is 10.6 Å². The molecule has 3 amide bonds. The first-order chi connectivity index (χ1) is 10.6. The van der Waals surface area contributed by atoms with Crippen LogP contribution in [0.25, 0.3) is 0 Å². The quantitative estimate of drug-likeness (QED) is 0.639. The minimum absolute atomic E-state index is 0.120. The predicted octanol–water partition coefficient (Wildman–Crippen LogP) is 0.199. The summed E-state index contributed by atoms with van der Waals surface area (Å²) in [5, 5.41) is 0.871. The second-order valence-electron chi connectivity index (χ2n) is 5.71. The number of imide groups is 1. The minimum atomic E-state index is -0.500. The first-order valence-corrected chi connectivity index (χ1v) is 7.20. The van der Waals surface area contributed by atoms with Crippen LogP contribution in [0, 0.1) is 11.8 Å². The molecule has 3 aliphatic heterocycles. The van der Waals surface area contributed by atoms with Gasteiger partial charge in [0, 0.05) is 0 Å². The van der Waals surface area contributed by atoms with Crippen LogP contribution in [0.5, 0.6) is 0 Å². The average molecular weight is 298 g/mol. The molecule has 0 aliphatic carbocycles. The number of benzene rings is 1. The third-order valence-corrected chi connectivity index (χ3v) is 4.35. The van der Waals surface area contributed by atoms with Crippen LogP contribution in [0.2, 0.25) is 0 Å². The number of hydrazine groups is 1. The van der Waals surface area contributed by atoms with Gasteiger partial charge in [-0.2, -0.15) is 5.01 Å². The maximum absolute atomic E-state index is 12.4. The van der Waals surface area contributed by atoms with E-state index in [1.165, 1.54) is 0 Å². The number of fused-ring (bicyclic) bond motifs is 5. The van der Waals surface area contributed by atoms with Gasteiger partial charge in [0.05, 0.1) is 30.5 Å². The second kappa shape index (κ2) is 4.78. The molecule has 1 aromatic rings. The van der Waals surface area contributed by atoms with Gasteiger partial charge in [0.15, 0.2) is 0 Å². The molecule has 1 aromatic carbocycles. The van der Waals surface area contributed by atoms with Crippen molar-refractivity contribution in [3.63, 3.8) is 0 Å². The van der Waals surface area contributed by atoms with E-state index in [1.807, 2.05) is 42.5 Å². The van der Waals surface area contributed by atoms with E-state index in [4.69, 9.17) is 4.74 Å². The molecule has 22 heavy (non-hydrogen) atoms.